The van der Waals surface area contributed by atoms with Crippen LogP contribution in [0, 0.1) is 11.3 Å². The monoisotopic (exact) mass is 260 g/mol. The number of methoxy groups -OCH3 is 1. The molecule has 0 bridgehead atoms. The van der Waals surface area contributed by atoms with E-state index in [0.29, 0.717) is 6.61 Å². The molecule has 0 radical (unpaired) electrons. The number of carbonyl (C=O) groups excluding carboxylic acids is 1. The van der Waals surface area contributed by atoms with Crippen LogP contribution in [0.2, 0.25) is 0 Å². The van der Waals surface area contributed by atoms with Gasteiger partial charge < -0.3 is 9.47 Å². The van der Waals surface area contributed by atoms with Crippen LogP contribution >= 0.6 is 0 Å². The molecule has 0 unspecified atom stereocenters. The van der Waals surface area contributed by atoms with Crippen molar-refractivity contribution in [2.45, 2.75) is 20.0 Å². The smallest absolute Gasteiger partial charge is 0.318 e. The van der Waals surface area contributed by atoms with Gasteiger partial charge in [0.2, 0.25) is 0 Å². The van der Waals surface area contributed by atoms with Gasteiger partial charge in [-0.05, 0) is 12.5 Å². The number of esters is 1. The summed E-state index contributed by atoms with van der Waals surface area (Å²) in [5, 5.41) is 0. The Bertz CT molecular complexity index is 466. The first-order chi connectivity index (χ1) is 9.16. The Kier molecular flexibility index (Phi) is 4.05. The minimum atomic E-state index is -0.624. The summed E-state index contributed by atoms with van der Waals surface area (Å²) in [6.45, 7) is 4.56. The van der Waals surface area contributed by atoms with E-state index < -0.39 is 5.41 Å². The third-order valence-electron chi connectivity index (χ3n) is 3.81. The average molecular weight is 260 g/mol. The summed E-state index contributed by atoms with van der Waals surface area (Å²) in [4.78, 5) is 12.1. The van der Waals surface area contributed by atoms with Gasteiger partial charge in [-0.1, -0.05) is 49.4 Å². The SMILES string of the molecule is CCO[C@@H]1[C@H](C)[C@@]1(/C=C/c1ccccc1)C(=O)OC. The molecular weight excluding hydrogens is 240 g/mol. The molecule has 2 rings (SSSR count). The third kappa shape index (κ3) is 2.43. The highest BCUT2D eigenvalue weighted by Gasteiger charge is 2.67. The summed E-state index contributed by atoms with van der Waals surface area (Å²) >= 11 is 0. The van der Waals surface area contributed by atoms with Gasteiger partial charge in [-0.3, -0.25) is 4.79 Å². The molecule has 0 aromatic heterocycles. The summed E-state index contributed by atoms with van der Waals surface area (Å²) in [6, 6.07) is 9.92. The van der Waals surface area contributed by atoms with Crippen LogP contribution in [0.15, 0.2) is 36.4 Å². The first kappa shape index (κ1) is 13.8. The highest BCUT2D eigenvalue weighted by Crippen LogP contribution is 2.56. The second-order valence-corrected chi connectivity index (χ2v) is 4.83. The molecule has 0 N–H and O–H groups in total. The zero-order valence-corrected chi connectivity index (χ0v) is 11.6. The van der Waals surface area contributed by atoms with Crippen LogP contribution < -0.4 is 0 Å². The molecule has 3 atom stereocenters. The standard InChI is InChI=1S/C16H20O3/c1-4-19-14-12(2)16(14,15(17)18-3)11-10-13-8-6-5-7-9-13/h5-12,14H,4H2,1-3H3/b11-10+/t12-,14+,16+/m0/s1. The van der Waals surface area contributed by atoms with Crippen LogP contribution in [0.4, 0.5) is 0 Å². The van der Waals surface area contributed by atoms with E-state index in [1.807, 2.05) is 56.3 Å². The maximum atomic E-state index is 12.1. The van der Waals surface area contributed by atoms with Gasteiger partial charge in [0.25, 0.3) is 0 Å². The van der Waals surface area contributed by atoms with Crippen LogP contribution in [0.1, 0.15) is 19.4 Å². The predicted molar refractivity (Wildman–Crippen MR) is 74.5 cm³/mol. The van der Waals surface area contributed by atoms with Gasteiger partial charge in [-0.2, -0.15) is 0 Å². The molecule has 0 heterocycles. The highest BCUT2D eigenvalue weighted by atomic mass is 16.5. The van der Waals surface area contributed by atoms with Crippen LogP contribution in [-0.4, -0.2) is 25.8 Å². The van der Waals surface area contributed by atoms with E-state index in [9.17, 15) is 4.79 Å². The van der Waals surface area contributed by atoms with Crippen molar-refractivity contribution < 1.29 is 14.3 Å². The molecule has 19 heavy (non-hydrogen) atoms. The number of hydrogen-bond donors (Lipinski definition) is 0. The second-order valence-electron chi connectivity index (χ2n) is 4.83. The molecule has 0 saturated heterocycles. The number of hydrogen-bond acceptors (Lipinski definition) is 3. The van der Waals surface area contributed by atoms with Crippen LogP contribution in [0.3, 0.4) is 0 Å². The van der Waals surface area contributed by atoms with Gasteiger partial charge in [-0.15, -0.1) is 0 Å². The van der Waals surface area contributed by atoms with E-state index in [1.165, 1.54) is 7.11 Å². The maximum absolute atomic E-state index is 12.1. The third-order valence-corrected chi connectivity index (χ3v) is 3.81. The summed E-state index contributed by atoms with van der Waals surface area (Å²) in [5.41, 5.74) is 0.445. The first-order valence-electron chi connectivity index (χ1n) is 6.61. The van der Waals surface area contributed by atoms with Gasteiger partial charge in [0.1, 0.15) is 5.41 Å². The predicted octanol–water partition coefficient (Wildman–Crippen LogP) is 2.91. The van der Waals surface area contributed by atoms with E-state index in [1.54, 1.807) is 0 Å². The molecule has 0 spiro atoms. The normalized spacial score (nSPS) is 29.4. The van der Waals surface area contributed by atoms with Gasteiger partial charge in [-0.25, -0.2) is 0 Å². The van der Waals surface area contributed by atoms with E-state index in [4.69, 9.17) is 9.47 Å². The van der Waals surface area contributed by atoms with Crippen LogP contribution in [0.5, 0.6) is 0 Å². The summed E-state index contributed by atoms with van der Waals surface area (Å²) < 4.78 is 10.6. The zero-order valence-electron chi connectivity index (χ0n) is 11.6. The van der Waals surface area contributed by atoms with E-state index >= 15 is 0 Å². The van der Waals surface area contributed by atoms with Crippen molar-refractivity contribution in [2.24, 2.45) is 11.3 Å². The molecule has 0 aliphatic heterocycles. The summed E-state index contributed by atoms with van der Waals surface area (Å²) in [7, 11) is 1.43. The molecule has 1 fully saturated rings. The molecule has 1 saturated carbocycles. The molecule has 1 aromatic rings. The molecule has 1 aliphatic carbocycles. The number of benzene rings is 1. The van der Waals surface area contributed by atoms with Crippen molar-refractivity contribution in [1.29, 1.82) is 0 Å². The van der Waals surface area contributed by atoms with E-state index in [2.05, 4.69) is 0 Å². The number of carbonyl (C=O) groups is 1. The van der Waals surface area contributed by atoms with Crippen molar-refractivity contribution >= 4 is 12.0 Å². The zero-order chi connectivity index (χ0) is 13.9. The summed E-state index contributed by atoms with van der Waals surface area (Å²) in [6.07, 6.45) is 3.82. The van der Waals surface area contributed by atoms with Crippen LogP contribution in [0.25, 0.3) is 6.08 Å². The Morgan fingerprint density at radius 2 is 2.05 bits per heavy atom. The maximum Gasteiger partial charge on any atom is 0.318 e. The lowest BCUT2D eigenvalue weighted by Crippen LogP contribution is -2.21. The van der Waals surface area contributed by atoms with Crippen molar-refractivity contribution in [3.63, 3.8) is 0 Å². The van der Waals surface area contributed by atoms with Crippen LogP contribution in [-0.2, 0) is 14.3 Å². The van der Waals surface area contributed by atoms with Gasteiger partial charge in [0.15, 0.2) is 0 Å². The van der Waals surface area contributed by atoms with Crippen molar-refractivity contribution in [3.8, 4) is 0 Å². The van der Waals surface area contributed by atoms with Gasteiger partial charge >= 0.3 is 5.97 Å². The molecule has 1 aromatic carbocycles. The Labute approximate surface area is 114 Å². The molecular formula is C16H20O3. The number of ether oxygens (including phenoxy) is 2. The Morgan fingerprint density at radius 1 is 1.37 bits per heavy atom. The fourth-order valence-electron chi connectivity index (χ4n) is 2.60. The first-order valence-corrected chi connectivity index (χ1v) is 6.61. The van der Waals surface area contributed by atoms with E-state index in [0.717, 1.165) is 5.56 Å². The Balaban J connectivity index is 2.22. The molecule has 1 aliphatic rings. The minimum absolute atomic E-state index is 0.0788. The van der Waals surface area contributed by atoms with Crippen molar-refractivity contribution in [2.75, 3.05) is 13.7 Å². The average Bonchev–Trinajstić information content (AvgIpc) is 3.02. The number of rotatable bonds is 5. The van der Waals surface area contributed by atoms with Gasteiger partial charge in [0.05, 0.1) is 13.2 Å². The quantitative estimate of drug-likeness (QED) is 0.764. The Hall–Kier alpha value is -1.61. The van der Waals surface area contributed by atoms with Gasteiger partial charge in [0, 0.05) is 12.5 Å². The van der Waals surface area contributed by atoms with Crippen molar-refractivity contribution in [3.05, 3.63) is 42.0 Å². The fourth-order valence-corrected chi connectivity index (χ4v) is 2.60. The van der Waals surface area contributed by atoms with E-state index in [-0.39, 0.29) is 18.0 Å². The molecule has 3 heteroatoms. The summed E-state index contributed by atoms with van der Waals surface area (Å²) in [5.74, 6) is -0.0644. The van der Waals surface area contributed by atoms with Crippen molar-refractivity contribution in [1.82, 2.24) is 0 Å². The molecule has 102 valence electrons. The lowest BCUT2D eigenvalue weighted by atomic mass is 10.0. The highest BCUT2D eigenvalue weighted by molar-refractivity contribution is 5.86. The minimum Gasteiger partial charge on any atom is -0.468 e. The fraction of sp³-hybridized carbons (Fsp3) is 0.438. The second kappa shape index (κ2) is 5.57. The largest absolute Gasteiger partial charge is 0.468 e. The lowest BCUT2D eigenvalue weighted by molar-refractivity contribution is -0.146. The Morgan fingerprint density at radius 3 is 2.63 bits per heavy atom. The topological polar surface area (TPSA) is 35.5 Å². The molecule has 3 nitrogen and oxygen atoms in total. The molecule has 0 amide bonds. The lowest BCUT2D eigenvalue weighted by Gasteiger charge is -2.10.